The SMILES string of the molecule is Cc1ccc2c(=O)c(OCC(=O)c3ccc4ccccc4c3)c(-c3ccco3)oc2c1. The molecule has 3 aromatic carbocycles. The summed E-state index contributed by atoms with van der Waals surface area (Å²) in [4.78, 5) is 25.9. The van der Waals surface area contributed by atoms with Crippen LogP contribution in [-0.4, -0.2) is 12.4 Å². The van der Waals surface area contributed by atoms with Crippen LogP contribution in [0.15, 0.2) is 92.7 Å². The molecule has 5 heteroatoms. The number of ketones is 1. The van der Waals surface area contributed by atoms with Crippen molar-refractivity contribution in [2.75, 3.05) is 6.61 Å². The van der Waals surface area contributed by atoms with Crippen molar-refractivity contribution in [3.05, 3.63) is 100 Å². The number of furan rings is 1. The largest absolute Gasteiger partial charge is 0.478 e. The van der Waals surface area contributed by atoms with Crippen molar-refractivity contribution >= 4 is 27.5 Å². The predicted octanol–water partition coefficient (Wildman–Crippen LogP) is 5.78. The molecular formula is C26H18O5. The lowest BCUT2D eigenvalue weighted by atomic mass is 10.0. The van der Waals surface area contributed by atoms with Gasteiger partial charge in [-0.1, -0.05) is 42.5 Å². The lowest BCUT2D eigenvalue weighted by molar-refractivity contribution is 0.0920. The molecule has 0 radical (unpaired) electrons. The molecule has 5 aromatic rings. The maximum Gasteiger partial charge on any atom is 0.235 e. The van der Waals surface area contributed by atoms with E-state index in [0.717, 1.165) is 16.3 Å². The summed E-state index contributed by atoms with van der Waals surface area (Å²) in [6, 6.07) is 22.0. The third kappa shape index (κ3) is 3.51. The van der Waals surface area contributed by atoms with E-state index in [2.05, 4.69) is 0 Å². The van der Waals surface area contributed by atoms with Gasteiger partial charge in [-0.3, -0.25) is 9.59 Å². The first-order chi connectivity index (χ1) is 15.1. The molecule has 2 heterocycles. The van der Waals surface area contributed by atoms with Crippen LogP contribution in [0.3, 0.4) is 0 Å². The van der Waals surface area contributed by atoms with E-state index >= 15 is 0 Å². The van der Waals surface area contributed by atoms with Crippen LogP contribution in [0.4, 0.5) is 0 Å². The zero-order valence-corrected chi connectivity index (χ0v) is 16.8. The molecule has 0 aliphatic carbocycles. The molecule has 0 N–H and O–H groups in total. The van der Waals surface area contributed by atoms with Crippen molar-refractivity contribution in [1.82, 2.24) is 0 Å². The Bertz CT molecular complexity index is 1480. The number of hydrogen-bond acceptors (Lipinski definition) is 5. The number of Topliss-reactive ketones (excluding diaryl/α,β-unsaturated/α-hetero) is 1. The fraction of sp³-hybridized carbons (Fsp3) is 0.0769. The highest BCUT2D eigenvalue weighted by atomic mass is 16.5. The number of fused-ring (bicyclic) bond motifs is 2. The monoisotopic (exact) mass is 410 g/mol. The standard InChI is InChI=1S/C26H18O5/c1-16-8-11-20-23(13-16)31-25(22-7-4-12-29-22)26(24(20)28)30-15-21(27)19-10-9-17-5-2-3-6-18(17)14-19/h2-14H,15H2,1H3. The molecule has 152 valence electrons. The summed E-state index contributed by atoms with van der Waals surface area (Å²) in [5.41, 5.74) is 1.56. The van der Waals surface area contributed by atoms with Gasteiger partial charge in [0.25, 0.3) is 0 Å². The number of aryl methyl sites for hydroxylation is 1. The van der Waals surface area contributed by atoms with Gasteiger partial charge < -0.3 is 13.6 Å². The second-order valence-electron chi connectivity index (χ2n) is 7.34. The molecule has 0 saturated heterocycles. The first kappa shape index (κ1) is 18.9. The van der Waals surface area contributed by atoms with Gasteiger partial charge in [0, 0.05) is 5.56 Å². The van der Waals surface area contributed by atoms with E-state index in [1.165, 1.54) is 6.26 Å². The Hall–Kier alpha value is -4.12. The molecule has 0 amide bonds. The van der Waals surface area contributed by atoms with Gasteiger partial charge in [-0.2, -0.15) is 0 Å². The maximum absolute atomic E-state index is 13.1. The second-order valence-corrected chi connectivity index (χ2v) is 7.34. The van der Waals surface area contributed by atoms with E-state index < -0.39 is 0 Å². The molecule has 0 bridgehead atoms. The van der Waals surface area contributed by atoms with E-state index in [1.54, 1.807) is 30.3 Å². The molecule has 0 unspecified atom stereocenters. The van der Waals surface area contributed by atoms with Gasteiger partial charge in [0.05, 0.1) is 11.6 Å². The summed E-state index contributed by atoms with van der Waals surface area (Å²) < 4.78 is 17.1. The maximum atomic E-state index is 13.1. The van der Waals surface area contributed by atoms with E-state index in [9.17, 15) is 9.59 Å². The molecule has 5 nitrogen and oxygen atoms in total. The number of carbonyl (C=O) groups is 1. The highest BCUT2D eigenvalue weighted by Gasteiger charge is 2.21. The fourth-order valence-electron chi connectivity index (χ4n) is 3.57. The van der Waals surface area contributed by atoms with E-state index in [4.69, 9.17) is 13.6 Å². The summed E-state index contributed by atoms with van der Waals surface area (Å²) in [6.07, 6.45) is 1.49. The van der Waals surface area contributed by atoms with Crippen molar-refractivity contribution in [2.45, 2.75) is 6.92 Å². The molecule has 0 aliphatic heterocycles. The van der Waals surface area contributed by atoms with Crippen molar-refractivity contribution in [1.29, 1.82) is 0 Å². The quantitative estimate of drug-likeness (QED) is 0.344. The summed E-state index contributed by atoms with van der Waals surface area (Å²) in [7, 11) is 0. The Balaban J connectivity index is 1.52. The normalized spacial score (nSPS) is 11.1. The minimum atomic E-state index is -0.348. The van der Waals surface area contributed by atoms with E-state index in [0.29, 0.717) is 22.3 Å². The topological polar surface area (TPSA) is 69.7 Å². The summed E-state index contributed by atoms with van der Waals surface area (Å²) in [5.74, 6) is 0.244. The Morgan fingerprint density at radius 1 is 0.935 bits per heavy atom. The molecule has 0 aliphatic rings. The third-order valence-electron chi connectivity index (χ3n) is 5.17. The Morgan fingerprint density at radius 3 is 2.58 bits per heavy atom. The lowest BCUT2D eigenvalue weighted by Crippen LogP contribution is -2.17. The zero-order chi connectivity index (χ0) is 21.4. The van der Waals surface area contributed by atoms with Gasteiger partial charge in [0.15, 0.2) is 18.2 Å². The van der Waals surface area contributed by atoms with Crippen LogP contribution >= 0.6 is 0 Å². The molecule has 5 rings (SSSR count). The Morgan fingerprint density at radius 2 is 1.77 bits per heavy atom. The van der Waals surface area contributed by atoms with Gasteiger partial charge in [0.2, 0.25) is 16.9 Å². The van der Waals surface area contributed by atoms with Gasteiger partial charge in [-0.25, -0.2) is 0 Å². The predicted molar refractivity (Wildman–Crippen MR) is 119 cm³/mol. The summed E-state index contributed by atoms with van der Waals surface area (Å²) in [5, 5.41) is 2.39. The van der Waals surface area contributed by atoms with Crippen LogP contribution in [0, 0.1) is 6.92 Å². The third-order valence-corrected chi connectivity index (χ3v) is 5.17. The molecule has 0 saturated carbocycles. The van der Waals surface area contributed by atoms with E-state index in [1.807, 2.05) is 49.4 Å². The smallest absolute Gasteiger partial charge is 0.235 e. The molecular weight excluding hydrogens is 392 g/mol. The van der Waals surface area contributed by atoms with Crippen molar-refractivity contribution < 1.29 is 18.4 Å². The fourth-order valence-corrected chi connectivity index (χ4v) is 3.57. The minimum absolute atomic E-state index is 0.0413. The number of rotatable bonds is 5. The average molecular weight is 410 g/mol. The van der Waals surface area contributed by atoms with Crippen LogP contribution in [0.2, 0.25) is 0 Å². The number of ether oxygens (including phenoxy) is 1. The van der Waals surface area contributed by atoms with Crippen molar-refractivity contribution in [3.63, 3.8) is 0 Å². The molecule has 0 atom stereocenters. The molecule has 0 fully saturated rings. The number of benzene rings is 3. The highest BCUT2D eigenvalue weighted by molar-refractivity contribution is 6.01. The van der Waals surface area contributed by atoms with Crippen LogP contribution in [0.1, 0.15) is 15.9 Å². The second kappa shape index (κ2) is 7.61. The number of hydrogen-bond donors (Lipinski definition) is 0. The minimum Gasteiger partial charge on any atom is -0.478 e. The van der Waals surface area contributed by atoms with Gasteiger partial charge >= 0.3 is 0 Å². The Labute approximate surface area is 177 Å². The zero-order valence-electron chi connectivity index (χ0n) is 16.8. The molecule has 31 heavy (non-hydrogen) atoms. The van der Waals surface area contributed by atoms with Gasteiger partial charge in [-0.15, -0.1) is 0 Å². The molecule has 0 spiro atoms. The first-order valence-corrected chi connectivity index (χ1v) is 9.86. The van der Waals surface area contributed by atoms with Crippen LogP contribution < -0.4 is 10.2 Å². The highest BCUT2D eigenvalue weighted by Crippen LogP contribution is 2.31. The average Bonchev–Trinajstić information content (AvgIpc) is 3.32. The lowest BCUT2D eigenvalue weighted by Gasteiger charge is -2.10. The van der Waals surface area contributed by atoms with Gasteiger partial charge in [0.1, 0.15) is 5.58 Å². The van der Waals surface area contributed by atoms with Gasteiger partial charge in [-0.05, 0) is 53.6 Å². The summed E-state index contributed by atoms with van der Waals surface area (Å²) >= 11 is 0. The van der Waals surface area contributed by atoms with E-state index in [-0.39, 0.29) is 29.3 Å². The first-order valence-electron chi connectivity index (χ1n) is 9.86. The van der Waals surface area contributed by atoms with Crippen LogP contribution in [0.5, 0.6) is 5.75 Å². The number of carbonyl (C=O) groups excluding carboxylic acids is 1. The van der Waals surface area contributed by atoms with Crippen molar-refractivity contribution in [2.24, 2.45) is 0 Å². The summed E-state index contributed by atoms with van der Waals surface area (Å²) in [6.45, 7) is 1.62. The molecule has 2 aromatic heterocycles. The van der Waals surface area contributed by atoms with Crippen molar-refractivity contribution in [3.8, 4) is 17.3 Å². The van der Waals surface area contributed by atoms with Crippen LogP contribution in [0.25, 0.3) is 33.3 Å². The van der Waals surface area contributed by atoms with Crippen LogP contribution in [-0.2, 0) is 0 Å². The Kier molecular flexibility index (Phi) is 4.64.